The lowest BCUT2D eigenvalue weighted by atomic mass is 10.1. The summed E-state index contributed by atoms with van der Waals surface area (Å²) < 4.78 is 5.14. The van der Waals surface area contributed by atoms with E-state index < -0.39 is 11.7 Å². The zero-order valence-electron chi connectivity index (χ0n) is 11.8. The predicted molar refractivity (Wildman–Crippen MR) is 70.2 cm³/mol. The molecule has 5 nitrogen and oxygen atoms in total. The molecule has 0 aliphatic heterocycles. The highest BCUT2D eigenvalue weighted by Gasteiger charge is 2.16. The van der Waals surface area contributed by atoms with Gasteiger partial charge in [0, 0.05) is 5.69 Å². The summed E-state index contributed by atoms with van der Waals surface area (Å²) in [5.41, 5.74) is 1.43. The van der Waals surface area contributed by atoms with Crippen molar-refractivity contribution in [3.05, 3.63) is 17.5 Å². The molecule has 1 rings (SSSR count). The minimum atomic E-state index is -0.474. The van der Waals surface area contributed by atoms with E-state index in [4.69, 9.17) is 4.74 Å². The molecule has 1 amide bonds. The molecule has 1 aromatic heterocycles. The van der Waals surface area contributed by atoms with Crippen LogP contribution in [-0.4, -0.2) is 21.9 Å². The second-order valence-electron chi connectivity index (χ2n) is 5.84. The number of hydrogen-bond donors (Lipinski definition) is 2. The Labute approximate surface area is 108 Å². The number of hydrogen-bond acceptors (Lipinski definition) is 3. The number of nitrogens with zero attached hydrogens (tertiary/aromatic N) is 1. The van der Waals surface area contributed by atoms with E-state index in [9.17, 15) is 4.79 Å². The first-order valence-corrected chi connectivity index (χ1v) is 6.26. The van der Waals surface area contributed by atoms with Crippen LogP contribution in [0.4, 0.5) is 4.79 Å². The third-order valence-corrected chi connectivity index (χ3v) is 2.12. The fraction of sp³-hybridized carbons (Fsp3) is 0.692. The summed E-state index contributed by atoms with van der Waals surface area (Å²) in [4.78, 5) is 11.4. The fourth-order valence-corrected chi connectivity index (χ4v) is 1.52. The van der Waals surface area contributed by atoms with E-state index in [2.05, 4.69) is 29.4 Å². The Morgan fingerprint density at radius 2 is 2.17 bits per heavy atom. The van der Waals surface area contributed by atoms with Gasteiger partial charge in [-0.25, -0.2) is 4.79 Å². The Balaban J connectivity index is 2.39. The highest BCUT2D eigenvalue weighted by atomic mass is 16.6. The molecule has 102 valence electrons. The van der Waals surface area contributed by atoms with E-state index in [1.807, 2.05) is 26.8 Å². The molecule has 0 aliphatic rings. The Hall–Kier alpha value is -1.52. The van der Waals surface area contributed by atoms with E-state index in [0.29, 0.717) is 12.5 Å². The maximum Gasteiger partial charge on any atom is 0.407 e. The fourth-order valence-electron chi connectivity index (χ4n) is 1.52. The summed E-state index contributed by atoms with van der Waals surface area (Å²) in [7, 11) is 0. The lowest BCUT2D eigenvalue weighted by Crippen LogP contribution is -2.32. The largest absolute Gasteiger partial charge is 0.444 e. The van der Waals surface area contributed by atoms with Gasteiger partial charge in [0.25, 0.3) is 0 Å². The van der Waals surface area contributed by atoms with Gasteiger partial charge in [-0.1, -0.05) is 13.8 Å². The molecule has 0 spiro atoms. The van der Waals surface area contributed by atoms with Crippen LogP contribution in [0, 0.1) is 5.92 Å². The molecule has 0 atom stereocenters. The van der Waals surface area contributed by atoms with Gasteiger partial charge in [0.1, 0.15) is 5.60 Å². The van der Waals surface area contributed by atoms with Crippen LogP contribution >= 0.6 is 0 Å². The quantitative estimate of drug-likeness (QED) is 0.866. The molecule has 0 fully saturated rings. The summed E-state index contributed by atoms with van der Waals surface area (Å²) in [6, 6.07) is 1.97. The molecule has 0 saturated heterocycles. The van der Waals surface area contributed by atoms with Crippen molar-refractivity contribution in [2.24, 2.45) is 5.92 Å². The second-order valence-corrected chi connectivity index (χ2v) is 5.84. The van der Waals surface area contributed by atoms with Gasteiger partial charge in [-0.3, -0.25) is 5.10 Å². The van der Waals surface area contributed by atoms with E-state index >= 15 is 0 Å². The summed E-state index contributed by atoms with van der Waals surface area (Å²) in [5.74, 6) is 0.581. The minimum Gasteiger partial charge on any atom is -0.444 e. The van der Waals surface area contributed by atoms with Gasteiger partial charge < -0.3 is 10.1 Å². The number of amides is 1. The smallest absolute Gasteiger partial charge is 0.407 e. The first kappa shape index (κ1) is 14.5. The molecular formula is C13H23N3O2. The van der Waals surface area contributed by atoms with Crippen LogP contribution in [0.25, 0.3) is 0 Å². The van der Waals surface area contributed by atoms with Gasteiger partial charge in [-0.05, 0) is 39.2 Å². The van der Waals surface area contributed by atoms with Crippen LogP contribution in [-0.2, 0) is 17.7 Å². The zero-order chi connectivity index (χ0) is 13.8. The zero-order valence-corrected chi connectivity index (χ0v) is 11.8. The van der Waals surface area contributed by atoms with Crippen LogP contribution in [0.15, 0.2) is 6.07 Å². The molecule has 0 unspecified atom stereocenters. The van der Waals surface area contributed by atoms with Crippen molar-refractivity contribution in [2.45, 2.75) is 53.2 Å². The van der Waals surface area contributed by atoms with Crippen LogP contribution < -0.4 is 5.32 Å². The van der Waals surface area contributed by atoms with Gasteiger partial charge in [-0.2, -0.15) is 5.10 Å². The Bertz CT molecular complexity index is 391. The maximum absolute atomic E-state index is 11.4. The van der Waals surface area contributed by atoms with Crippen molar-refractivity contribution in [1.29, 1.82) is 0 Å². The number of carbonyl (C=O) groups is 1. The van der Waals surface area contributed by atoms with E-state index in [1.54, 1.807) is 0 Å². The van der Waals surface area contributed by atoms with Gasteiger partial charge in [0.05, 0.1) is 12.2 Å². The predicted octanol–water partition coefficient (Wildman–Crippen LogP) is 2.63. The topological polar surface area (TPSA) is 67.0 Å². The van der Waals surface area contributed by atoms with Crippen molar-refractivity contribution in [2.75, 3.05) is 0 Å². The summed E-state index contributed by atoms with van der Waals surface area (Å²) >= 11 is 0. The Morgan fingerprint density at radius 3 is 2.72 bits per heavy atom. The molecule has 0 aromatic carbocycles. The monoisotopic (exact) mass is 253 g/mol. The average molecular weight is 253 g/mol. The Morgan fingerprint density at radius 1 is 1.50 bits per heavy atom. The number of rotatable bonds is 4. The lowest BCUT2D eigenvalue weighted by molar-refractivity contribution is 0.0523. The minimum absolute atomic E-state index is 0.378. The SMILES string of the molecule is CC(C)Cc1cc(CNC(=O)OC(C)(C)C)n[nH]1. The van der Waals surface area contributed by atoms with Crippen LogP contribution in [0.2, 0.25) is 0 Å². The number of carbonyl (C=O) groups excluding carboxylic acids is 1. The molecule has 0 saturated carbocycles. The third-order valence-electron chi connectivity index (χ3n) is 2.12. The number of ether oxygens (including phenoxy) is 1. The van der Waals surface area contributed by atoms with Crippen LogP contribution in [0.5, 0.6) is 0 Å². The van der Waals surface area contributed by atoms with Gasteiger partial charge in [0.2, 0.25) is 0 Å². The molecule has 18 heavy (non-hydrogen) atoms. The number of alkyl carbamates (subject to hydrolysis) is 1. The summed E-state index contributed by atoms with van der Waals surface area (Å²) in [5, 5.41) is 9.79. The highest BCUT2D eigenvalue weighted by molar-refractivity contribution is 5.67. The lowest BCUT2D eigenvalue weighted by Gasteiger charge is -2.19. The molecule has 0 bridgehead atoms. The number of H-pyrrole nitrogens is 1. The Kier molecular flexibility index (Phi) is 4.76. The van der Waals surface area contributed by atoms with Gasteiger partial charge in [0.15, 0.2) is 0 Å². The molecule has 5 heteroatoms. The third kappa shape index (κ3) is 5.70. The normalized spacial score (nSPS) is 11.7. The molecular weight excluding hydrogens is 230 g/mol. The first-order chi connectivity index (χ1) is 8.26. The van der Waals surface area contributed by atoms with Gasteiger partial charge >= 0.3 is 6.09 Å². The number of aromatic amines is 1. The average Bonchev–Trinajstić information content (AvgIpc) is 2.59. The van der Waals surface area contributed by atoms with Crippen LogP contribution in [0.1, 0.15) is 46.0 Å². The van der Waals surface area contributed by atoms with E-state index in [-0.39, 0.29) is 0 Å². The van der Waals surface area contributed by atoms with E-state index in [1.165, 1.54) is 0 Å². The number of aromatic nitrogens is 2. The van der Waals surface area contributed by atoms with Crippen molar-refractivity contribution in [3.63, 3.8) is 0 Å². The molecule has 0 radical (unpaired) electrons. The second kappa shape index (κ2) is 5.89. The molecule has 0 aliphatic carbocycles. The molecule has 2 N–H and O–H groups in total. The standard InChI is InChI=1S/C13H23N3O2/c1-9(2)6-10-7-11(16-15-10)8-14-12(17)18-13(3,4)5/h7,9H,6,8H2,1-5H3,(H,14,17)(H,15,16). The first-order valence-electron chi connectivity index (χ1n) is 6.26. The van der Waals surface area contributed by atoms with Gasteiger partial charge in [-0.15, -0.1) is 0 Å². The van der Waals surface area contributed by atoms with Crippen molar-refractivity contribution >= 4 is 6.09 Å². The van der Waals surface area contributed by atoms with Crippen LogP contribution in [0.3, 0.4) is 0 Å². The molecule has 1 heterocycles. The van der Waals surface area contributed by atoms with Crippen molar-refractivity contribution < 1.29 is 9.53 Å². The van der Waals surface area contributed by atoms with E-state index in [0.717, 1.165) is 17.8 Å². The number of nitrogens with one attached hydrogen (secondary N) is 2. The summed E-state index contributed by atoms with van der Waals surface area (Å²) in [6.45, 7) is 10.2. The molecule has 1 aromatic rings. The van der Waals surface area contributed by atoms with Crippen molar-refractivity contribution in [3.8, 4) is 0 Å². The summed E-state index contributed by atoms with van der Waals surface area (Å²) in [6.07, 6.45) is 0.537. The van der Waals surface area contributed by atoms with Crippen molar-refractivity contribution in [1.82, 2.24) is 15.5 Å². The maximum atomic E-state index is 11.4. The highest BCUT2D eigenvalue weighted by Crippen LogP contribution is 2.08.